The van der Waals surface area contributed by atoms with Gasteiger partial charge in [-0.15, -0.1) is 0 Å². The molecule has 1 aromatic rings. The highest BCUT2D eigenvalue weighted by Crippen LogP contribution is 2.14. The number of rotatable bonds is 6. The van der Waals surface area contributed by atoms with Gasteiger partial charge in [0.05, 0.1) is 7.11 Å². The Labute approximate surface area is 108 Å². The van der Waals surface area contributed by atoms with Crippen LogP contribution in [-0.2, 0) is 16.0 Å². The number of hydrogen-bond acceptors (Lipinski definition) is 3. The molecule has 4 nitrogen and oxygen atoms in total. The lowest BCUT2D eigenvalue weighted by Crippen LogP contribution is -2.38. The molecule has 1 atom stereocenters. The summed E-state index contributed by atoms with van der Waals surface area (Å²) in [7, 11) is 4.98. The van der Waals surface area contributed by atoms with E-state index in [0.717, 1.165) is 12.2 Å². The third-order valence-corrected chi connectivity index (χ3v) is 3.01. The summed E-state index contributed by atoms with van der Waals surface area (Å²) in [6.07, 6.45) is 0.815. The molecule has 0 saturated heterocycles. The molecule has 0 radical (unpaired) electrons. The lowest BCUT2D eigenvalue weighted by molar-refractivity contribution is -0.135. The van der Waals surface area contributed by atoms with Gasteiger partial charge in [0.25, 0.3) is 0 Å². The fraction of sp³-hybridized carbons (Fsp3) is 0.500. The molecule has 1 aromatic carbocycles. The van der Waals surface area contributed by atoms with Crippen molar-refractivity contribution in [3.05, 3.63) is 29.8 Å². The van der Waals surface area contributed by atoms with E-state index < -0.39 is 0 Å². The van der Waals surface area contributed by atoms with Crippen LogP contribution in [0.4, 0.5) is 0 Å². The Morgan fingerprint density at radius 2 is 1.89 bits per heavy atom. The zero-order chi connectivity index (χ0) is 13.5. The van der Waals surface area contributed by atoms with Crippen LogP contribution >= 0.6 is 0 Å². The Morgan fingerprint density at radius 1 is 1.28 bits per heavy atom. The van der Waals surface area contributed by atoms with Crippen molar-refractivity contribution < 1.29 is 14.3 Å². The van der Waals surface area contributed by atoms with E-state index in [-0.39, 0.29) is 18.6 Å². The number of carbonyl (C=O) groups excluding carboxylic acids is 1. The average Bonchev–Trinajstić information content (AvgIpc) is 2.39. The summed E-state index contributed by atoms with van der Waals surface area (Å²) in [5, 5.41) is 0. The third-order valence-electron chi connectivity index (χ3n) is 3.01. The third kappa shape index (κ3) is 4.04. The van der Waals surface area contributed by atoms with Crippen molar-refractivity contribution in [1.29, 1.82) is 0 Å². The lowest BCUT2D eigenvalue weighted by Gasteiger charge is -2.24. The zero-order valence-corrected chi connectivity index (χ0v) is 11.5. The largest absolute Gasteiger partial charge is 0.497 e. The standard InChI is InChI=1S/C14H21NO3/c1-11(15(2)14(16)10-17-3)9-12-5-7-13(18-4)8-6-12/h5-8,11H,9-10H2,1-4H3/t11-/m1/s1. The van der Waals surface area contributed by atoms with Gasteiger partial charge in [-0.2, -0.15) is 0 Å². The smallest absolute Gasteiger partial charge is 0.248 e. The predicted molar refractivity (Wildman–Crippen MR) is 70.8 cm³/mol. The van der Waals surface area contributed by atoms with Crippen LogP contribution < -0.4 is 4.74 Å². The highest BCUT2D eigenvalue weighted by Gasteiger charge is 2.15. The average molecular weight is 251 g/mol. The first-order valence-corrected chi connectivity index (χ1v) is 5.96. The fourth-order valence-corrected chi connectivity index (χ4v) is 1.71. The molecule has 0 saturated carbocycles. The second kappa shape index (κ2) is 7.01. The van der Waals surface area contributed by atoms with Crippen molar-refractivity contribution in [2.75, 3.05) is 27.9 Å². The molecular weight excluding hydrogens is 230 g/mol. The van der Waals surface area contributed by atoms with Crippen LogP contribution in [0.15, 0.2) is 24.3 Å². The quantitative estimate of drug-likeness (QED) is 0.773. The summed E-state index contributed by atoms with van der Waals surface area (Å²) in [5.41, 5.74) is 1.18. The summed E-state index contributed by atoms with van der Waals surface area (Å²) >= 11 is 0. The number of nitrogens with zero attached hydrogens (tertiary/aromatic N) is 1. The first-order valence-electron chi connectivity index (χ1n) is 5.96. The molecule has 0 N–H and O–H groups in total. The van der Waals surface area contributed by atoms with Crippen LogP contribution in [-0.4, -0.2) is 44.7 Å². The van der Waals surface area contributed by atoms with Gasteiger partial charge in [-0.3, -0.25) is 4.79 Å². The van der Waals surface area contributed by atoms with E-state index in [1.54, 1.807) is 19.1 Å². The molecular formula is C14H21NO3. The molecule has 18 heavy (non-hydrogen) atoms. The van der Waals surface area contributed by atoms with E-state index in [1.807, 2.05) is 31.2 Å². The van der Waals surface area contributed by atoms with Gasteiger partial charge in [-0.25, -0.2) is 0 Å². The summed E-state index contributed by atoms with van der Waals surface area (Å²) in [5.74, 6) is 0.841. The van der Waals surface area contributed by atoms with E-state index in [9.17, 15) is 4.79 Å². The van der Waals surface area contributed by atoms with E-state index in [1.165, 1.54) is 12.7 Å². The van der Waals surface area contributed by atoms with Crippen LogP contribution in [0.25, 0.3) is 0 Å². The number of likely N-dealkylation sites (N-methyl/N-ethyl adjacent to an activating group) is 1. The van der Waals surface area contributed by atoms with Gasteiger partial charge in [0, 0.05) is 20.2 Å². The number of methoxy groups -OCH3 is 2. The maximum Gasteiger partial charge on any atom is 0.248 e. The normalized spacial score (nSPS) is 12.0. The first kappa shape index (κ1) is 14.5. The van der Waals surface area contributed by atoms with Gasteiger partial charge in [0.1, 0.15) is 12.4 Å². The summed E-state index contributed by atoms with van der Waals surface area (Å²) < 4.78 is 9.96. The molecule has 0 aliphatic carbocycles. The van der Waals surface area contributed by atoms with Gasteiger partial charge < -0.3 is 14.4 Å². The van der Waals surface area contributed by atoms with Crippen LogP contribution in [0.3, 0.4) is 0 Å². The Kier molecular flexibility index (Phi) is 5.65. The van der Waals surface area contributed by atoms with Crippen molar-refractivity contribution in [2.24, 2.45) is 0 Å². The van der Waals surface area contributed by atoms with Gasteiger partial charge in [0.2, 0.25) is 5.91 Å². The maximum atomic E-state index is 11.7. The Bertz CT molecular complexity index is 375. The maximum absolute atomic E-state index is 11.7. The molecule has 4 heteroatoms. The second-order valence-electron chi connectivity index (χ2n) is 4.34. The van der Waals surface area contributed by atoms with Crippen LogP contribution in [0.2, 0.25) is 0 Å². The van der Waals surface area contributed by atoms with E-state index >= 15 is 0 Å². The SMILES string of the molecule is COCC(=O)N(C)[C@H](C)Cc1ccc(OC)cc1. The van der Waals surface area contributed by atoms with E-state index in [0.29, 0.717) is 0 Å². The van der Waals surface area contributed by atoms with Gasteiger partial charge in [-0.05, 0) is 31.0 Å². The molecule has 1 amide bonds. The van der Waals surface area contributed by atoms with Crippen molar-refractivity contribution in [2.45, 2.75) is 19.4 Å². The second-order valence-corrected chi connectivity index (χ2v) is 4.34. The van der Waals surface area contributed by atoms with Gasteiger partial charge in [0.15, 0.2) is 0 Å². The molecule has 0 heterocycles. The molecule has 100 valence electrons. The molecule has 0 bridgehead atoms. The zero-order valence-electron chi connectivity index (χ0n) is 11.5. The molecule has 0 unspecified atom stereocenters. The number of amides is 1. The fourth-order valence-electron chi connectivity index (χ4n) is 1.71. The lowest BCUT2D eigenvalue weighted by atomic mass is 10.1. The van der Waals surface area contributed by atoms with Crippen LogP contribution in [0.5, 0.6) is 5.75 Å². The van der Waals surface area contributed by atoms with Crippen LogP contribution in [0, 0.1) is 0 Å². The van der Waals surface area contributed by atoms with Crippen molar-refractivity contribution in [1.82, 2.24) is 4.90 Å². The van der Waals surface area contributed by atoms with Crippen molar-refractivity contribution >= 4 is 5.91 Å². The van der Waals surface area contributed by atoms with Crippen molar-refractivity contribution in [3.8, 4) is 5.75 Å². The molecule has 0 fully saturated rings. The monoisotopic (exact) mass is 251 g/mol. The molecule has 0 aromatic heterocycles. The number of hydrogen-bond donors (Lipinski definition) is 0. The minimum absolute atomic E-state index is 0.00138. The molecule has 1 rings (SSSR count). The Hall–Kier alpha value is -1.55. The highest BCUT2D eigenvalue weighted by atomic mass is 16.5. The van der Waals surface area contributed by atoms with Gasteiger partial charge >= 0.3 is 0 Å². The number of ether oxygens (including phenoxy) is 2. The highest BCUT2D eigenvalue weighted by molar-refractivity contribution is 5.77. The minimum Gasteiger partial charge on any atom is -0.497 e. The Morgan fingerprint density at radius 3 is 2.39 bits per heavy atom. The number of carbonyl (C=O) groups is 1. The van der Waals surface area contributed by atoms with Crippen LogP contribution in [0.1, 0.15) is 12.5 Å². The Balaban J connectivity index is 2.57. The number of benzene rings is 1. The summed E-state index contributed by atoms with van der Waals surface area (Å²) in [4.78, 5) is 13.4. The molecule has 0 spiro atoms. The topological polar surface area (TPSA) is 38.8 Å². The minimum atomic E-state index is -0.00138. The molecule has 0 aliphatic rings. The predicted octanol–water partition coefficient (Wildman–Crippen LogP) is 1.73. The van der Waals surface area contributed by atoms with Gasteiger partial charge in [-0.1, -0.05) is 12.1 Å². The first-order chi connectivity index (χ1) is 8.58. The van der Waals surface area contributed by atoms with Crippen molar-refractivity contribution in [3.63, 3.8) is 0 Å². The van der Waals surface area contributed by atoms with E-state index in [4.69, 9.17) is 9.47 Å². The summed E-state index contributed by atoms with van der Waals surface area (Å²) in [6, 6.07) is 8.03. The summed E-state index contributed by atoms with van der Waals surface area (Å²) in [6.45, 7) is 2.15. The molecule has 0 aliphatic heterocycles. The van der Waals surface area contributed by atoms with E-state index in [2.05, 4.69) is 0 Å².